The summed E-state index contributed by atoms with van der Waals surface area (Å²) >= 11 is 1.41. The number of carbonyl (C=O) groups excluding carboxylic acids is 1. The van der Waals surface area contributed by atoms with Crippen LogP contribution in [0.4, 0.5) is 5.82 Å². The lowest BCUT2D eigenvalue weighted by atomic mass is 10.3. The van der Waals surface area contributed by atoms with Crippen LogP contribution in [0.3, 0.4) is 0 Å². The van der Waals surface area contributed by atoms with Crippen LogP contribution in [0.2, 0.25) is 0 Å². The second-order valence-corrected chi connectivity index (χ2v) is 4.27. The molecule has 2 heterocycles. The first-order chi connectivity index (χ1) is 7.70. The van der Waals surface area contributed by atoms with Crippen LogP contribution in [0.15, 0.2) is 6.20 Å². The van der Waals surface area contributed by atoms with E-state index in [1.807, 2.05) is 13.8 Å². The average Bonchev–Trinajstić information content (AvgIpc) is 2.87. The monoisotopic (exact) mass is 237 g/mol. The van der Waals surface area contributed by atoms with E-state index in [1.165, 1.54) is 17.5 Å². The first-order valence-electron chi connectivity index (χ1n) is 4.84. The van der Waals surface area contributed by atoms with E-state index in [0.717, 1.165) is 17.1 Å². The van der Waals surface area contributed by atoms with Crippen molar-refractivity contribution in [3.8, 4) is 0 Å². The van der Waals surface area contributed by atoms with Gasteiger partial charge in [-0.2, -0.15) is 10.3 Å². The highest BCUT2D eigenvalue weighted by Crippen LogP contribution is 2.19. The molecule has 0 aliphatic carbocycles. The van der Waals surface area contributed by atoms with Gasteiger partial charge in [0, 0.05) is 0 Å². The van der Waals surface area contributed by atoms with Gasteiger partial charge in [0.15, 0.2) is 5.82 Å². The van der Waals surface area contributed by atoms with Crippen LogP contribution in [0.5, 0.6) is 0 Å². The van der Waals surface area contributed by atoms with Crippen molar-refractivity contribution in [1.82, 2.24) is 20.4 Å². The van der Waals surface area contributed by atoms with Crippen LogP contribution in [-0.2, 0) is 6.42 Å². The maximum Gasteiger partial charge on any atom is 0.268 e. The van der Waals surface area contributed by atoms with Crippen molar-refractivity contribution < 1.29 is 4.79 Å². The van der Waals surface area contributed by atoms with Gasteiger partial charge in [-0.15, -0.1) is 16.4 Å². The quantitative estimate of drug-likeness (QED) is 0.844. The predicted molar refractivity (Wildman–Crippen MR) is 60.6 cm³/mol. The van der Waals surface area contributed by atoms with Gasteiger partial charge in [0.1, 0.15) is 4.88 Å². The number of carbonyl (C=O) groups is 1. The van der Waals surface area contributed by atoms with Crippen molar-refractivity contribution in [2.45, 2.75) is 20.3 Å². The van der Waals surface area contributed by atoms with Gasteiger partial charge in [0.25, 0.3) is 5.91 Å². The van der Waals surface area contributed by atoms with Gasteiger partial charge >= 0.3 is 0 Å². The van der Waals surface area contributed by atoms with Crippen molar-refractivity contribution in [3.63, 3.8) is 0 Å². The van der Waals surface area contributed by atoms with Crippen LogP contribution in [-0.4, -0.2) is 26.3 Å². The lowest BCUT2D eigenvalue weighted by Gasteiger charge is -1.97. The zero-order chi connectivity index (χ0) is 11.5. The van der Waals surface area contributed by atoms with E-state index < -0.39 is 0 Å². The van der Waals surface area contributed by atoms with Crippen molar-refractivity contribution in [2.75, 3.05) is 5.32 Å². The number of hydrogen-bond donors (Lipinski definition) is 2. The molecule has 0 bridgehead atoms. The number of aryl methyl sites for hydroxylation is 2. The third kappa shape index (κ3) is 2.08. The number of anilines is 1. The van der Waals surface area contributed by atoms with Gasteiger partial charge in [-0.25, -0.2) is 4.98 Å². The third-order valence-electron chi connectivity index (χ3n) is 2.01. The molecule has 2 N–H and O–H groups in total. The van der Waals surface area contributed by atoms with Crippen molar-refractivity contribution in [2.24, 2.45) is 0 Å². The number of aromatic amines is 1. The number of H-pyrrole nitrogens is 1. The van der Waals surface area contributed by atoms with E-state index in [-0.39, 0.29) is 5.91 Å². The zero-order valence-electron chi connectivity index (χ0n) is 8.94. The molecule has 16 heavy (non-hydrogen) atoms. The Balaban J connectivity index is 2.17. The molecule has 7 heteroatoms. The largest absolute Gasteiger partial charge is 0.303 e. The van der Waals surface area contributed by atoms with Gasteiger partial charge in [0.05, 0.1) is 16.9 Å². The van der Waals surface area contributed by atoms with Crippen LogP contribution in [0, 0.1) is 6.92 Å². The van der Waals surface area contributed by atoms with E-state index in [0.29, 0.717) is 10.7 Å². The van der Waals surface area contributed by atoms with Crippen molar-refractivity contribution >= 4 is 23.1 Å². The molecule has 84 valence electrons. The molecule has 0 unspecified atom stereocenters. The van der Waals surface area contributed by atoms with E-state index in [4.69, 9.17) is 0 Å². The van der Waals surface area contributed by atoms with Crippen LogP contribution < -0.4 is 5.32 Å². The molecule has 0 spiro atoms. The Morgan fingerprint density at radius 3 is 3.00 bits per heavy atom. The van der Waals surface area contributed by atoms with Gasteiger partial charge in [-0.1, -0.05) is 6.92 Å². The molecule has 0 radical (unpaired) electrons. The highest BCUT2D eigenvalue weighted by molar-refractivity contribution is 7.13. The Labute approximate surface area is 96.1 Å². The molecule has 0 saturated heterocycles. The van der Waals surface area contributed by atoms with Gasteiger partial charge in [-0.3, -0.25) is 4.79 Å². The molecule has 2 rings (SSSR count). The summed E-state index contributed by atoms with van der Waals surface area (Å²) in [5.74, 6) is 0.222. The van der Waals surface area contributed by atoms with E-state index in [1.54, 1.807) is 0 Å². The number of hydrogen-bond acceptors (Lipinski definition) is 5. The highest BCUT2D eigenvalue weighted by atomic mass is 32.1. The first kappa shape index (κ1) is 10.7. The molecule has 0 aliphatic heterocycles. The lowest BCUT2D eigenvalue weighted by Crippen LogP contribution is -2.11. The summed E-state index contributed by atoms with van der Waals surface area (Å²) in [4.78, 5) is 16.8. The van der Waals surface area contributed by atoms with Gasteiger partial charge in [0.2, 0.25) is 0 Å². The molecular formula is C9H11N5OS. The summed E-state index contributed by atoms with van der Waals surface area (Å²) in [5, 5.41) is 13.4. The zero-order valence-corrected chi connectivity index (χ0v) is 9.76. The second kappa shape index (κ2) is 4.40. The summed E-state index contributed by atoms with van der Waals surface area (Å²) in [6.45, 7) is 3.84. The number of nitrogens with one attached hydrogen (secondary N) is 2. The molecule has 1 amide bonds. The number of thiazole rings is 1. The maximum atomic E-state index is 11.8. The smallest absolute Gasteiger partial charge is 0.268 e. The Morgan fingerprint density at radius 2 is 2.44 bits per heavy atom. The molecular weight excluding hydrogens is 226 g/mol. The maximum absolute atomic E-state index is 11.8. The standard InChI is InChI=1S/C9H11N5OS/c1-3-7-11-5(2)8(16-7)9(15)12-6-4-10-14-13-6/h4H,3H2,1-2H3,(H2,10,12,13,14,15). The molecule has 0 aromatic carbocycles. The fraction of sp³-hybridized carbons (Fsp3) is 0.333. The highest BCUT2D eigenvalue weighted by Gasteiger charge is 2.15. The second-order valence-electron chi connectivity index (χ2n) is 3.19. The Bertz CT molecular complexity index is 490. The number of aromatic nitrogens is 4. The fourth-order valence-electron chi connectivity index (χ4n) is 1.25. The van der Waals surface area contributed by atoms with Crippen molar-refractivity contribution in [1.29, 1.82) is 0 Å². The van der Waals surface area contributed by atoms with Gasteiger partial charge in [-0.05, 0) is 13.3 Å². The SMILES string of the molecule is CCc1nc(C)c(C(=O)Nc2cn[nH]n2)s1. The minimum atomic E-state index is -0.191. The Hall–Kier alpha value is -1.76. The van der Waals surface area contributed by atoms with E-state index in [9.17, 15) is 4.79 Å². The summed E-state index contributed by atoms with van der Waals surface area (Å²) in [5.41, 5.74) is 0.753. The Kier molecular flexibility index (Phi) is 2.95. The van der Waals surface area contributed by atoms with Crippen LogP contribution in [0.1, 0.15) is 27.3 Å². The predicted octanol–water partition coefficient (Wildman–Crippen LogP) is 1.38. The first-order valence-corrected chi connectivity index (χ1v) is 5.65. The molecule has 0 saturated carbocycles. The molecule has 2 aromatic heterocycles. The summed E-state index contributed by atoms with van der Waals surface area (Å²) in [6, 6.07) is 0. The topological polar surface area (TPSA) is 83.6 Å². The Morgan fingerprint density at radius 1 is 1.62 bits per heavy atom. The summed E-state index contributed by atoms with van der Waals surface area (Å²) < 4.78 is 0. The van der Waals surface area contributed by atoms with Crippen molar-refractivity contribution in [3.05, 3.63) is 21.8 Å². The minimum absolute atomic E-state index is 0.191. The fourth-order valence-corrected chi connectivity index (χ4v) is 2.15. The van der Waals surface area contributed by atoms with E-state index in [2.05, 4.69) is 25.7 Å². The third-order valence-corrected chi connectivity index (χ3v) is 3.31. The lowest BCUT2D eigenvalue weighted by molar-refractivity contribution is 0.102. The number of nitrogens with zero attached hydrogens (tertiary/aromatic N) is 3. The summed E-state index contributed by atoms with van der Waals surface area (Å²) in [7, 11) is 0. The van der Waals surface area contributed by atoms with Crippen LogP contribution in [0.25, 0.3) is 0 Å². The van der Waals surface area contributed by atoms with E-state index >= 15 is 0 Å². The molecule has 0 fully saturated rings. The number of rotatable bonds is 3. The molecule has 0 aliphatic rings. The van der Waals surface area contributed by atoms with Gasteiger partial charge < -0.3 is 5.32 Å². The minimum Gasteiger partial charge on any atom is -0.303 e. The average molecular weight is 237 g/mol. The molecule has 0 atom stereocenters. The normalized spacial score (nSPS) is 10.4. The summed E-state index contributed by atoms with van der Waals surface area (Å²) in [6.07, 6.45) is 2.29. The molecule has 2 aromatic rings. The van der Waals surface area contributed by atoms with Crippen LogP contribution >= 0.6 is 11.3 Å². The number of amides is 1. The molecule has 6 nitrogen and oxygen atoms in total.